The van der Waals surface area contributed by atoms with Crippen LogP contribution in [0.15, 0.2) is 18.3 Å². The third-order valence-corrected chi connectivity index (χ3v) is 4.43. The Morgan fingerprint density at radius 3 is 3.04 bits per heavy atom. The summed E-state index contributed by atoms with van der Waals surface area (Å²) in [5, 5.41) is 10.4. The zero-order valence-corrected chi connectivity index (χ0v) is 14.2. The molecule has 3 heterocycles. The van der Waals surface area contributed by atoms with Crippen molar-refractivity contribution in [3.8, 4) is 0 Å². The molecule has 1 N–H and O–H groups in total. The highest BCUT2D eigenvalue weighted by Gasteiger charge is 2.26. The molecule has 1 saturated heterocycles. The lowest BCUT2D eigenvalue weighted by Gasteiger charge is -2.35. The first-order chi connectivity index (χ1) is 11.6. The number of hydrogen-bond donors (Lipinski definition) is 1. The first-order valence-electron chi connectivity index (χ1n) is 8.43. The Hall–Kier alpha value is -2.21. The average molecular weight is 329 g/mol. The molecule has 0 radical (unpaired) electrons. The van der Waals surface area contributed by atoms with Crippen LogP contribution >= 0.6 is 0 Å². The molecule has 128 valence electrons. The number of hydrogen-bond acceptors (Lipinski definition) is 6. The molecule has 2 aromatic rings. The van der Waals surface area contributed by atoms with Crippen LogP contribution < -0.4 is 4.90 Å². The van der Waals surface area contributed by atoms with E-state index in [9.17, 15) is 9.90 Å². The van der Waals surface area contributed by atoms with Gasteiger partial charge in [0.15, 0.2) is 5.65 Å². The van der Waals surface area contributed by atoms with Crippen LogP contribution in [0.5, 0.6) is 0 Å². The Morgan fingerprint density at radius 1 is 1.46 bits per heavy atom. The number of nitrogens with zero attached hydrogens (tertiary/aromatic N) is 3. The Balaban J connectivity index is 2.13. The zero-order chi connectivity index (χ0) is 17.1. The van der Waals surface area contributed by atoms with Crippen molar-refractivity contribution in [1.82, 2.24) is 9.97 Å². The summed E-state index contributed by atoms with van der Waals surface area (Å²) in [7, 11) is 0. The summed E-state index contributed by atoms with van der Waals surface area (Å²) >= 11 is 0. The van der Waals surface area contributed by atoms with Crippen molar-refractivity contribution < 1.29 is 14.6 Å². The normalized spacial score (nSPS) is 18.0. The standard InChI is InChI=1S/C18H23N3O3/c1-3-24-18(23)15-9-19-17-14(7-6-12(2)20-17)16(15)21-8-4-5-13(10-21)11-22/h6-7,9,13,22H,3-5,8,10-11H2,1-2H3/t13-/m0/s1. The van der Waals surface area contributed by atoms with Gasteiger partial charge < -0.3 is 14.7 Å². The number of fused-ring (bicyclic) bond motifs is 1. The molecule has 1 aliphatic heterocycles. The maximum absolute atomic E-state index is 12.4. The molecule has 1 aliphatic rings. The van der Waals surface area contributed by atoms with Crippen molar-refractivity contribution in [2.75, 3.05) is 31.2 Å². The lowest BCUT2D eigenvalue weighted by molar-refractivity contribution is 0.0526. The van der Waals surface area contributed by atoms with Crippen molar-refractivity contribution in [2.45, 2.75) is 26.7 Å². The average Bonchev–Trinajstić information content (AvgIpc) is 2.60. The molecule has 0 unspecified atom stereocenters. The summed E-state index contributed by atoms with van der Waals surface area (Å²) in [6.07, 6.45) is 3.55. The van der Waals surface area contributed by atoms with Crippen LogP contribution in [0.2, 0.25) is 0 Å². The number of aryl methyl sites for hydroxylation is 1. The SMILES string of the molecule is CCOC(=O)c1cnc2nc(C)ccc2c1N1CCC[C@H](CO)C1. The van der Waals surface area contributed by atoms with E-state index in [0.29, 0.717) is 17.8 Å². The number of carbonyl (C=O) groups is 1. The van der Waals surface area contributed by atoms with Crippen LogP contribution in [0.25, 0.3) is 11.0 Å². The van der Waals surface area contributed by atoms with E-state index in [0.717, 1.165) is 42.7 Å². The second-order valence-corrected chi connectivity index (χ2v) is 6.20. The van der Waals surface area contributed by atoms with E-state index >= 15 is 0 Å². The number of aromatic nitrogens is 2. The molecule has 24 heavy (non-hydrogen) atoms. The highest BCUT2D eigenvalue weighted by atomic mass is 16.5. The zero-order valence-electron chi connectivity index (χ0n) is 14.2. The summed E-state index contributed by atoms with van der Waals surface area (Å²) in [5.74, 6) is -0.149. The number of carbonyl (C=O) groups excluding carboxylic acids is 1. The number of pyridine rings is 2. The van der Waals surface area contributed by atoms with Crippen LogP contribution in [-0.4, -0.2) is 47.3 Å². The van der Waals surface area contributed by atoms with Gasteiger partial charge in [-0.05, 0) is 44.7 Å². The number of aliphatic hydroxyl groups excluding tert-OH is 1. The van der Waals surface area contributed by atoms with Crippen molar-refractivity contribution >= 4 is 22.7 Å². The van der Waals surface area contributed by atoms with Gasteiger partial charge in [0.05, 0.1) is 12.3 Å². The minimum absolute atomic E-state index is 0.158. The van der Waals surface area contributed by atoms with Crippen molar-refractivity contribution in [3.63, 3.8) is 0 Å². The summed E-state index contributed by atoms with van der Waals surface area (Å²) < 4.78 is 5.21. The van der Waals surface area contributed by atoms with Crippen LogP contribution in [0.4, 0.5) is 5.69 Å². The van der Waals surface area contributed by atoms with Crippen molar-refractivity contribution in [1.29, 1.82) is 0 Å². The molecule has 0 aliphatic carbocycles. The third-order valence-electron chi connectivity index (χ3n) is 4.43. The van der Waals surface area contributed by atoms with Gasteiger partial charge in [0.25, 0.3) is 0 Å². The summed E-state index contributed by atoms with van der Waals surface area (Å²) in [5.41, 5.74) is 2.80. The topological polar surface area (TPSA) is 75.5 Å². The van der Waals surface area contributed by atoms with E-state index in [1.54, 1.807) is 13.1 Å². The molecule has 0 saturated carbocycles. The fourth-order valence-electron chi connectivity index (χ4n) is 3.27. The van der Waals surface area contributed by atoms with Gasteiger partial charge in [0.1, 0.15) is 5.56 Å². The van der Waals surface area contributed by atoms with E-state index < -0.39 is 0 Å². The summed E-state index contributed by atoms with van der Waals surface area (Å²) in [4.78, 5) is 23.4. The van der Waals surface area contributed by atoms with E-state index in [1.807, 2.05) is 19.1 Å². The number of piperidine rings is 1. The lowest BCUT2D eigenvalue weighted by atomic mass is 9.97. The minimum Gasteiger partial charge on any atom is -0.462 e. The molecule has 1 atom stereocenters. The highest BCUT2D eigenvalue weighted by Crippen LogP contribution is 2.32. The Labute approximate surface area is 141 Å². The molecule has 1 fully saturated rings. The Kier molecular flexibility index (Phi) is 4.94. The van der Waals surface area contributed by atoms with E-state index in [1.165, 1.54) is 0 Å². The molecule has 0 bridgehead atoms. The van der Waals surface area contributed by atoms with Crippen molar-refractivity contribution in [3.05, 3.63) is 29.6 Å². The number of esters is 1. The van der Waals surface area contributed by atoms with Crippen LogP contribution in [-0.2, 0) is 4.74 Å². The second-order valence-electron chi connectivity index (χ2n) is 6.20. The van der Waals surface area contributed by atoms with Gasteiger partial charge in [-0.25, -0.2) is 14.8 Å². The van der Waals surface area contributed by atoms with Gasteiger partial charge in [0, 0.05) is 37.0 Å². The summed E-state index contributed by atoms with van der Waals surface area (Å²) in [6, 6.07) is 3.89. The lowest BCUT2D eigenvalue weighted by Crippen LogP contribution is -2.38. The van der Waals surface area contributed by atoms with Gasteiger partial charge in [-0.3, -0.25) is 0 Å². The first kappa shape index (κ1) is 16.6. The molecule has 3 rings (SSSR count). The number of ether oxygens (including phenoxy) is 1. The van der Waals surface area contributed by atoms with E-state index in [-0.39, 0.29) is 18.5 Å². The second kappa shape index (κ2) is 7.13. The minimum atomic E-state index is -0.367. The van der Waals surface area contributed by atoms with Crippen LogP contribution in [0.3, 0.4) is 0 Å². The molecular weight excluding hydrogens is 306 g/mol. The molecule has 0 aromatic carbocycles. The quantitative estimate of drug-likeness (QED) is 0.868. The maximum atomic E-state index is 12.4. The number of anilines is 1. The van der Waals surface area contributed by atoms with Gasteiger partial charge in [-0.15, -0.1) is 0 Å². The molecular formula is C18H23N3O3. The monoisotopic (exact) mass is 329 g/mol. The molecule has 6 nitrogen and oxygen atoms in total. The fraction of sp³-hybridized carbons (Fsp3) is 0.500. The Bertz CT molecular complexity index is 748. The molecule has 2 aromatic heterocycles. The summed E-state index contributed by atoms with van der Waals surface area (Å²) in [6.45, 7) is 5.75. The highest BCUT2D eigenvalue weighted by molar-refractivity contribution is 6.04. The van der Waals surface area contributed by atoms with E-state index in [2.05, 4.69) is 14.9 Å². The third kappa shape index (κ3) is 3.19. The van der Waals surface area contributed by atoms with Crippen LogP contribution in [0, 0.1) is 12.8 Å². The van der Waals surface area contributed by atoms with Gasteiger partial charge in [0.2, 0.25) is 0 Å². The number of rotatable bonds is 4. The predicted octanol–water partition coefficient (Wildman–Crippen LogP) is 2.32. The van der Waals surface area contributed by atoms with E-state index in [4.69, 9.17) is 4.74 Å². The number of aliphatic hydroxyl groups is 1. The van der Waals surface area contributed by atoms with Gasteiger partial charge >= 0.3 is 5.97 Å². The smallest absolute Gasteiger partial charge is 0.341 e. The Morgan fingerprint density at radius 2 is 2.29 bits per heavy atom. The predicted molar refractivity (Wildman–Crippen MR) is 92.3 cm³/mol. The largest absolute Gasteiger partial charge is 0.462 e. The van der Waals surface area contributed by atoms with Gasteiger partial charge in [-0.1, -0.05) is 0 Å². The molecule has 6 heteroatoms. The molecule has 0 spiro atoms. The first-order valence-corrected chi connectivity index (χ1v) is 8.43. The molecule has 0 amide bonds. The van der Waals surface area contributed by atoms with Crippen molar-refractivity contribution in [2.24, 2.45) is 5.92 Å². The maximum Gasteiger partial charge on any atom is 0.341 e. The van der Waals surface area contributed by atoms with Gasteiger partial charge in [-0.2, -0.15) is 0 Å². The van der Waals surface area contributed by atoms with Crippen LogP contribution in [0.1, 0.15) is 35.8 Å². The fourth-order valence-corrected chi connectivity index (χ4v) is 3.27.